The van der Waals surface area contributed by atoms with Crippen molar-refractivity contribution in [1.82, 2.24) is 10.3 Å². The molecule has 1 aromatic heterocycles. The van der Waals surface area contributed by atoms with Crippen molar-refractivity contribution < 1.29 is 23.8 Å². The summed E-state index contributed by atoms with van der Waals surface area (Å²) in [5.74, 6) is 1.56. The fourth-order valence-electron chi connectivity index (χ4n) is 3.40. The topological polar surface area (TPSA) is 98.8 Å². The molecule has 1 atom stereocenters. The average molecular weight is 454 g/mol. The van der Waals surface area contributed by atoms with Gasteiger partial charge in [-0.1, -0.05) is 6.07 Å². The van der Waals surface area contributed by atoms with Crippen LogP contribution in [0, 0.1) is 0 Å². The Bertz CT molecular complexity index is 1160. The molecular weight excluding hydrogens is 430 g/mol. The van der Waals surface area contributed by atoms with Crippen molar-refractivity contribution in [2.75, 3.05) is 26.1 Å². The first kappa shape index (κ1) is 21.6. The van der Waals surface area contributed by atoms with Gasteiger partial charge in [0.1, 0.15) is 10.8 Å². The van der Waals surface area contributed by atoms with Crippen molar-refractivity contribution >= 4 is 28.8 Å². The Morgan fingerprint density at radius 3 is 2.81 bits per heavy atom. The van der Waals surface area contributed by atoms with Crippen LogP contribution in [0.4, 0.5) is 5.69 Å². The summed E-state index contributed by atoms with van der Waals surface area (Å²) >= 11 is 1.47. The zero-order valence-electron chi connectivity index (χ0n) is 17.9. The third kappa shape index (κ3) is 4.67. The van der Waals surface area contributed by atoms with E-state index in [9.17, 15) is 9.59 Å². The molecule has 8 nitrogen and oxygen atoms in total. The van der Waals surface area contributed by atoms with Gasteiger partial charge in [-0.3, -0.25) is 9.59 Å². The van der Waals surface area contributed by atoms with E-state index in [0.29, 0.717) is 28.6 Å². The third-order valence-electron chi connectivity index (χ3n) is 5.04. The molecular formula is C23H23N3O5S. The fourth-order valence-corrected chi connectivity index (χ4v) is 4.22. The minimum atomic E-state index is -0.240. The molecule has 1 aliphatic heterocycles. The van der Waals surface area contributed by atoms with E-state index in [0.717, 1.165) is 16.1 Å². The van der Waals surface area contributed by atoms with Gasteiger partial charge >= 0.3 is 0 Å². The van der Waals surface area contributed by atoms with Gasteiger partial charge in [-0.05, 0) is 42.8 Å². The molecule has 0 saturated carbocycles. The molecule has 2 N–H and O–H groups in total. The lowest BCUT2D eigenvalue weighted by atomic mass is 10.1. The number of nitrogens with zero attached hydrogens (tertiary/aromatic N) is 1. The van der Waals surface area contributed by atoms with Crippen molar-refractivity contribution in [2.45, 2.75) is 19.4 Å². The molecule has 2 aromatic carbocycles. The van der Waals surface area contributed by atoms with Crippen LogP contribution in [0.15, 0.2) is 41.8 Å². The Kier molecular flexibility index (Phi) is 6.27. The Hall–Kier alpha value is -3.59. The lowest BCUT2D eigenvalue weighted by Crippen LogP contribution is -2.29. The Morgan fingerprint density at radius 1 is 1.22 bits per heavy atom. The second-order valence-electron chi connectivity index (χ2n) is 7.27. The molecule has 32 heavy (non-hydrogen) atoms. The number of rotatable bonds is 7. The van der Waals surface area contributed by atoms with Crippen molar-refractivity contribution in [2.24, 2.45) is 0 Å². The number of thiazole rings is 1. The second-order valence-corrected chi connectivity index (χ2v) is 8.13. The van der Waals surface area contributed by atoms with Crippen LogP contribution in [0.1, 0.15) is 24.2 Å². The van der Waals surface area contributed by atoms with Crippen LogP contribution in [-0.4, -0.2) is 37.6 Å². The summed E-state index contributed by atoms with van der Waals surface area (Å²) in [6, 6.07) is 10.8. The number of hydrogen-bond donors (Lipinski definition) is 2. The second kappa shape index (κ2) is 9.27. The first-order chi connectivity index (χ1) is 15.5. The summed E-state index contributed by atoms with van der Waals surface area (Å²) in [4.78, 5) is 28.7. The number of hydrogen-bond acceptors (Lipinski definition) is 7. The lowest BCUT2D eigenvalue weighted by molar-refractivity contribution is -0.121. The molecule has 9 heteroatoms. The lowest BCUT2D eigenvalue weighted by Gasteiger charge is -2.21. The zero-order chi connectivity index (χ0) is 22.7. The van der Waals surface area contributed by atoms with Crippen LogP contribution in [0.25, 0.3) is 10.6 Å². The number of aromatic nitrogens is 1. The number of amides is 2. The van der Waals surface area contributed by atoms with Crippen LogP contribution in [0.5, 0.6) is 17.2 Å². The van der Waals surface area contributed by atoms with Crippen molar-refractivity contribution in [3.8, 4) is 27.8 Å². The van der Waals surface area contributed by atoms with Gasteiger partial charge in [0, 0.05) is 10.9 Å². The number of anilines is 1. The minimum absolute atomic E-state index is 0.0115. The molecule has 0 bridgehead atoms. The highest BCUT2D eigenvalue weighted by Crippen LogP contribution is 2.34. The SMILES string of the molecule is COc1ccc(-c2nc(CC(=O)NC(C)c3ccc4c(c3)NC(=O)CO4)cs2)cc1OC. The number of carbonyl (C=O) groups is 2. The highest BCUT2D eigenvalue weighted by molar-refractivity contribution is 7.13. The summed E-state index contributed by atoms with van der Waals surface area (Å²) in [5, 5.41) is 8.44. The summed E-state index contributed by atoms with van der Waals surface area (Å²) in [6.45, 7) is 1.90. The summed E-state index contributed by atoms with van der Waals surface area (Å²) in [6.07, 6.45) is 0.166. The number of carbonyl (C=O) groups excluding carboxylic acids is 2. The number of benzene rings is 2. The van der Waals surface area contributed by atoms with Gasteiger partial charge < -0.3 is 24.8 Å². The number of methoxy groups -OCH3 is 2. The third-order valence-corrected chi connectivity index (χ3v) is 5.98. The summed E-state index contributed by atoms with van der Waals surface area (Å²) < 4.78 is 16.0. The molecule has 1 aliphatic rings. The number of fused-ring (bicyclic) bond motifs is 1. The Labute approximate surface area is 189 Å². The maximum absolute atomic E-state index is 12.6. The quantitative estimate of drug-likeness (QED) is 0.567. The first-order valence-corrected chi connectivity index (χ1v) is 10.9. The smallest absolute Gasteiger partial charge is 0.262 e. The summed E-state index contributed by atoms with van der Waals surface area (Å²) in [7, 11) is 3.18. The molecule has 0 spiro atoms. The van der Waals surface area contributed by atoms with E-state index >= 15 is 0 Å². The molecule has 0 fully saturated rings. The van der Waals surface area contributed by atoms with E-state index in [4.69, 9.17) is 14.2 Å². The molecule has 166 valence electrons. The van der Waals surface area contributed by atoms with E-state index in [1.807, 2.05) is 42.6 Å². The van der Waals surface area contributed by atoms with Crippen LogP contribution < -0.4 is 24.8 Å². The van der Waals surface area contributed by atoms with Crippen LogP contribution >= 0.6 is 11.3 Å². The van der Waals surface area contributed by atoms with E-state index < -0.39 is 0 Å². The predicted octanol–water partition coefficient (Wildman–Crippen LogP) is 3.58. The van der Waals surface area contributed by atoms with Gasteiger partial charge in [0.15, 0.2) is 18.1 Å². The van der Waals surface area contributed by atoms with Crippen molar-refractivity contribution in [3.63, 3.8) is 0 Å². The van der Waals surface area contributed by atoms with Crippen molar-refractivity contribution in [3.05, 3.63) is 53.0 Å². The van der Waals surface area contributed by atoms with E-state index in [1.54, 1.807) is 20.3 Å². The number of nitrogens with one attached hydrogen (secondary N) is 2. The van der Waals surface area contributed by atoms with Gasteiger partial charge in [-0.25, -0.2) is 4.98 Å². The average Bonchev–Trinajstić information content (AvgIpc) is 3.26. The Balaban J connectivity index is 1.40. The molecule has 3 aromatic rings. The van der Waals surface area contributed by atoms with Crippen molar-refractivity contribution in [1.29, 1.82) is 0 Å². The van der Waals surface area contributed by atoms with Crippen LogP contribution in [0.3, 0.4) is 0 Å². The predicted molar refractivity (Wildman–Crippen MR) is 121 cm³/mol. The zero-order valence-corrected chi connectivity index (χ0v) is 18.7. The first-order valence-electron chi connectivity index (χ1n) is 9.99. The van der Waals surface area contributed by atoms with Crippen LogP contribution in [0.2, 0.25) is 0 Å². The molecule has 0 radical (unpaired) electrons. The Morgan fingerprint density at radius 2 is 2.03 bits per heavy atom. The largest absolute Gasteiger partial charge is 0.493 e. The minimum Gasteiger partial charge on any atom is -0.493 e. The van der Waals surface area contributed by atoms with Gasteiger partial charge in [0.25, 0.3) is 5.91 Å². The highest BCUT2D eigenvalue weighted by atomic mass is 32.1. The summed E-state index contributed by atoms with van der Waals surface area (Å²) in [5.41, 5.74) is 3.06. The molecule has 4 rings (SSSR count). The van der Waals surface area contributed by atoms with E-state index in [-0.39, 0.29) is 30.9 Å². The van der Waals surface area contributed by atoms with Gasteiger partial charge in [0.05, 0.1) is 38.1 Å². The molecule has 2 heterocycles. The number of ether oxygens (including phenoxy) is 3. The normalized spacial score (nSPS) is 13.4. The van der Waals surface area contributed by atoms with Gasteiger partial charge in [0.2, 0.25) is 5.91 Å². The van der Waals surface area contributed by atoms with E-state index in [2.05, 4.69) is 15.6 Å². The monoisotopic (exact) mass is 453 g/mol. The molecule has 0 saturated heterocycles. The highest BCUT2D eigenvalue weighted by Gasteiger charge is 2.19. The van der Waals surface area contributed by atoms with Gasteiger partial charge in [-0.15, -0.1) is 11.3 Å². The maximum Gasteiger partial charge on any atom is 0.262 e. The van der Waals surface area contributed by atoms with Gasteiger partial charge in [-0.2, -0.15) is 0 Å². The van der Waals surface area contributed by atoms with Crippen LogP contribution in [-0.2, 0) is 16.0 Å². The standard InChI is InChI=1S/C23H23N3O5S/c1-13(14-4-6-18-17(8-14)26-22(28)11-31-18)24-21(27)10-16-12-32-23(25-16)15-5-7-19(29-2)20(9-15)30-3/h4-9,12-13H,10-11H2,1-3H3,(H,24,27)(H,26,28). The van der Waals surface area contributed by atoms with E-state index in [1.165, 1.54) is 11.3 Å². The molecule has 1 unspecified atom stereocenters. The molecule has 0 aliphatic carbocycles. The maximum atomic E-state index is 12.6. The molecule has 2 amide bonds. The fraction of sp³-hybridized carbons (Fsp3) is 0.261.